The van der Waals surface area contributed by atoms with Crippen molar-refractivity contribution < 1.29 is 9.15 Å². The number of aromatic nitrogens is 1. The van der Waals surface area contributed by atoms with Gasteiger partial charge in [-0.2, -0.15) is 10.5 Å². The molecule has 2 aromatic heterocycles. The van der Waals surface area contributed by atoms with Gasteiger partial charge in [-0.1, -0.05) is 12.1 Å². The van der Waals surface area contributed by atoms with Gasteiger partial charge in [0.1, 0.15) is 23.3 Å². The van der Waals surface area contributed by atoms with E-state index in [1.807, 2.05) is 24.3 Å². The van der Waals surface area contributed by atoms with E-state index in [9.17, 15) is 0 Å². The minimum absolute atomic E-state index is 0.0587. The lowest BCUT2D eigenvalue weighted by molar-refractivity contribution is 0.448. The summed E-state index contributed by atoms with van der Waals surface area (Å²) in [5, 5.41) is 19.0. The molecule has 0 spiro atoms. The Morgan fingerprint density at radius 1 is 1.10 bits per heavy atom. The van der Waals surface area contributed by atoms with Gasteiger partial charge in [0.15, 0.2) is 5.75 Å². The zero-order chi connectivity index (χ0) is 14.8. The summed E-state index contributed by atoms with van der Waals surface area (Å²) in [5.41, 5.74) is 1.57. The molecular weight excluding hydrogens is 266 g/mol. The van der Waals surface area contributed by atoms with Crippen LogP contribution in [0.1, 0.15) is 17.0 Å². The van der Waals surface area contributed by atoms with Crippen LogP contribution in [0.25, 0.3) is 11.0 Å². The molecule has 21 heavy (non-hydrogen) atoms. The SMILES string of the molecule is Cc1ccc(C#N)c(Oc2c(C#N)oc3ccccc23)n1. The van der Waals surface area contributed by atoms with Crippen LogP contribution in [0.5, 0.6) is 11.6 Å². The van der Waals surface area contributed by atoms with E-state index < -0.39 is 0 Å². The molecule has 0 N–H and O–H groups in total. The van der Waals surface area contributed by atoms with Crippen LogP contribution in [0.4, 0.5) is 0 Å². The minimum atomic E-state index is 0.0587. The number of ether oxygens (including phenoxy) is 1. The zero-order valence-corrected chi connectivity index (χ0v) is 11.1. The summed E-state index contributed by atoms with van der Waals surface area (Å²) >= 11 is 0. The van der Waals surface area contributed by atoms with Gasteiger partial charge < -0.3 is 9.15 Å². The second kappa shape index (κ2) is 4.99. The van der Waals surface area contributed by atoms with Gasteiger partial charge in [-0.05, 0) is 31.2 Å². The molecule has 3 rings (SSSR count). The first kappa shape index (κ1) is 12.7. The topological polar surface area (TPSA) is 82.8 Å². The van der Waals surface area contributed by atoms with Crippen molar-refractivity contribution in [3.8, 4) is 23.8 Å². The summed E-state index contributed by atoms with van der Waals surface area (Å²) in [6, 6.07) is 14.5. The maximum Gasteiger partial charge on any atom is 0.247 e. The molecule has 0 aliphatic heterocycles. The zero-order valence-electron chi connectivity index (χ0n) is 11.1. The molecule has 3 aromatic rings. The van der Waals surface area contributed by atoms with Gasteiger partial charge in [0.05, 0.1) is 5.39 Å². The van der Waals surface area contributed by atoms with Gasteiger partial charge in [0, 0.05) is 5.69 Å². The summed E-state index contributed by atoms with van der Waals surface area (Å²) in [5.74, 6) is 0.506. The average Bonchev–Trinajstić information content (AvgIpc) is 2.86. The first-order valence-electron chi connectivity index (χ1n) is 6.20. The third-order valence-corrected chi connectivity index (χ3v) is 2.97. The Labute approximate surface area is 120 Å². The second-order valence-electron chi connectivity index (χ2n) is 4.39. The van der Waals surface area contributed by atoms with Crippen LogP contribution >= 0.6 is 0 Å². The van der Waals surface area contributed by atoms with Gasteiger partial charge in [-0.3, -0.25) is 0 Å². The van der Waals surface area contributed by atoms with Gasteiger partial charge in [-0.25, -0.2) is 4.98 Å². The Morgan fingerprint density at radius 3 is 2.67 bits per heavy atom. The molecule has 0 saturated heterocycles. The molecule has 0 bridgehead atoms. The lowest BCUT2D eigenvalue weighted by atomic mass is 10.2. The van der Waals surface area contributed by atoms with E-state index in [0.717, 1.165) is 5.69 Å². The smallest absolute Gasteiger partial charge is 0.247 e. The van der Waals surface area contributed by atoms with E-state index in [1.165, 1.54) is 0 Å². The van der Waals surface area contributed by atoms with Gasteiger partial charge in [0.2, 0.25) is 11.6 Å². The number of fused-ring (bicyclic) bond motifs is 1. The summed E-state index contributed by atoms with van der Waals surface area (Å²) in [6.07, 6.45) is 0. The quantitative estimate of drug-likeness (QED) is 0.712. The summed E-state index contributed by atoms with van der Waals surface area (Å²) < 4.78 is 11.1. The van der Waals surface area contributed by atoms with E-state index in [1.54, 1.807) is 31.2 Å². The van der Waals surface area contributed by atoms with Crippen LogP contribution < -0.4 is 4.74 Å². The predicted molar refractivity (Wildman–Crippen MR) is 74.7 cm³/mol. The summed E-state index contributed by atoms with van der Waals surface area (Å²) in [7, 11) is 0. The number of pyridine rings is 1. The fourth-order valence-electron chi connectivity index (χ4n) is 1.99. The largest absolute Gasteiger partial charge is 0.442 e. The van der Waals surface area contributed by atoms with Crippen molar-refractivity contribution in [3.63, 3.8) is 0 Å². The lowest BCUT2D eigenvalue weighted by Crippen LogP contribution is -1.94. The number of nitrogens with zero attached hydrogens (tertiary/aromatic N) is 3. The molecule has 0 aliphatic carbocycles. The Morgan fingerprint density at radius 2 is 1.90 bits per heavy atom. The molecule has 5 heteroatoms. The van der Waals surface area contributed by atoms with E-state index in [0.29, 0.717) is 16.5 Å². The second-order valence-corrected chi connectivity index (χ2v) is 4.39. The van der Waals surface area contributed by atoms with E-state index >= 15 is 0 Å². The van der Waals surface area contributed by atoms with Crippen LogP contribution in [0.2, 0.25) is 0 Å². The number of aryl methyl sites for hydroxylation is 1. The number of furan rings is 1. The van der Waals surface area contributed by atoms with Gasteiger partial charge in [0.25, 0.3) is 0 Å². The number of nitriles is 2. The number of rotatable bonds is 2. The van der Waals surface area contributed by atoms with Crippen LogP contribution in [-0.4, -0.2) is 4.98 Å². The Balaban J connectivity index is 2.17. The van der Waals surface area contributed by atoms with Crippen LogP contribution in [0, 0.1) is 29.6 Å². The highest BCUT2D eigenvalue weighted by molar-refractivity contribution is 5.86. The number of hydrogen-bond acceptors (Lipinski definition) is 5. The lowest BCUT2D eigenvalue weighted by Gasteiger charge is -2.05. The molecule has 1 aromatic carbocycles. The molecule has 0 aliphatic rings. The molecule has 0 unspecified atom stereocenters. The van der Waals surface area contributed by atoms with Crippen LogP contribution in [0.15, 0.2) is 40.8 Å². The molecule has 0 radical (unpaired) electrons. The molecule has 0 atom stereocenters. The Kier molecular flexibility index (Phi) is 3.02. The van der Waals surface area contributed by atoms with Crippen LogP contribution in [-0.2, 0) is 0 Å². The average molecular weight is 275 g/mol. The molecule has 0 saturated carbocycles. The predicted octanol–water partition coefficient (Wildman–Crippen LogP) is 3.67. The number of para-hydroxylation sites is 1. The highest BCUT2D eigenvalue weighted by atomic mass is 16.5. The van der Waals surface area contributed by atoms with E-state index in [2.05, 4.69) is 4.98 Å². The molecular formula is C16H9N3O2. The first-order chi connectivity index (χ1) is 10.2. The summed E-state index contributed by atoms with van der Waals surface area (Å²) in [4.78, 5) is 4.21. The summed E-state index contributed by atoms with van der Waals surface area (Å²) in [6.45, 7) is 1.80. The molecule has 0 fully saturated rings. The van der Waals surface area contributed by atoms with Crippen molar-refractivity contribution in [2.75, 3.05) is 0 Å². The van der Waals surface area contributed by atoms with Gasteiger partial charge >= 0.3 is 0 Å². The maximum atomic E-state index is 9.17. The monoisotopic (exact) mass is 275 g/mol. The number of hydrogen-bond donors (Lipinski definition) is 0. The fourth-order valence-corrected chi connectivity index (χ4v) is 1.99. The van der Waals surface area contributed by atoms with Crippen LogP contribution in [0.3, 0.4) is 0 Å². The Bertz CT molecular complexity index is 913. The van der Waals surface area contributed by atoms with E-state index in [4.69, 9.17) is 19.7 Å². The highest BCUT2D eigenvalue weighted by Crippen LogP contribution is 2.36. The first-order valence-corrected chi connectivity index (χ1v) is 6.20. The molecule has 0 amide bonds. The molecule has 2 heterocycles. The number of benzene rings is 1. The van der Waals surface area contributed by atoms with Gasteiger partial charge in [-0.15, -0.1) is 0 Å². The van der Waals surface area contributed by atoms with Crippen molar-refractivity contribution in [1.29, 1.82) is 10.5 Å². The maximum absolute atomic E-state index is 9.17. The Hall–Kier alpha value is -3.31. The van der Waals surface area contributed by atoms with E-state index in [-0.39, 0.29) is 17.4 Å². The minimum Gasteiger partial charge on any atom is -0.442 e. The van der Waals surface area contributed by atoms with Crippen molar-refractivity contribution in [2.24, 2.45) is 0 Å². The normalized spacial score (nSPS) is 10.0. The third kappa shape index (κ3) is 2.18. The molecule has 5 nitrogen and oxygen atoms in total. The van der Waals surface area contributed by atoms with Crippen molar-refractivity contribution >= 4 is 11.0 Å². The molecule has 100 valence electrons. The van der Waals surface area contributed by atoms with Crippen molar-refractivity contribution in [3.05, 3.63) is 53.4 Å². The van der Waals surface area contributed by atoms with Crippen molar-refractivity contribution in [2.45, 2.75) is 6.92 Å². The standard InChI is InChI=1S/C16H9N3O2/c1-10-6-7-11(8-17)16(19-10)21-15-12-4-2-3-5-13(12)20-14(15)9-18/h2-7H,1H3. The fraction of sp³-hybridized carbons (Fsp3) is 0.0625. The highest BCUT2D eigenvalue weighted by Gasteiger charge is 2.18. The van der Waals surface area contributed by atoms with Crippen molar-refractivity contribution in [1.82, 2.24) is 4.98 Å². The third-order valence-electron chi connectivity index (χ3n) is 2.97.